The molecule has 0 spiro atoms. The summed E-state index contributed by atoms with van der Waals surface area (Å²) in [5, 5.41) is 3.75. The Kier molecular flexibility index (Phi) is 4.17. The van der Waals surface area contributed by atoms with Gasteiger partial charge in [0, 0.05) is 36.6 Å². The van der Waals surface area contributed by atoms with E-state index in [4.69, 9.17) is 0 Å². The Morgan fingerprint density at radius 3 is 2.50 bits per heavy atom. The second kappa shape index (κ2) is 6.88. The lowest BCUT2D eigenvalue weighted by Gasteiger charge is -2.15. The van der Waals surface area contributed by atoms with Crippen LogP contribution < -0.4 is 5.32 Å². The molecular formula is C23H19N5O2. The van der Waals surface area contributed by atoms with Crippen LogP contribution in [0.5, 0.6) is 0 Å². The van der Waals surface area contributed by atoms with E-state index in [1.807, 2.05) is 54.2 Å². The summed E-state index contributed by atoms with van der Waals surface area (Å²) < 4.78 is 1.84. The van der Waals surface area contributed by atoms with Crippen LogP contribution in [-0.2, 0) is 17.3 Å². The molecule has 1 N–H and O–H groups in total. The minimum Gasteiger partial charge on any atom is -0.335 e. The summed E-state index contributed by atoms with van der Waals surface area (Å²) in [4.78, 5) is 38.4. The fourth-order valence-corrected chi connectivity index (χ4v) is 3.65. The molecule has 7 heteroatoms. The van der Waals surface area contributed by atoms with E-state index >= 15 is 0 Å². The van der Waals surface area contributed by atoms with Crippen molar-refractivity contribution < 1.29 is 9.59 Å². The van der Waals surface area contributed by atoms with Gasteiger partial charge in [-0.3, -0.25) is 9.59 Å². The second-order valence-electron chi connectivity index (χ2n) is 7.56. The Hall–Kier alpha value is -3.87. The topological polar surface area (TPSA) is 89.8 Å². The predicted octanol–water partition coefficient (Wildman–Crippen LogP) is 3.26. The molecule has 1 amide bonds. The van der Waals surface area contributed by atoms with Crippen LogP contribution >= 0.6 is 0 Å². The average Bonchev–Trinajstić information content (AvgIpc) is 3.53. The molecule has 5 rings (SSSR count). The Labute approximate surface area is 172 Å². The van der Waals surface area contributed by atoms with E-state index < -0.39 is 5.41 Å². The number of pyridine rings is 1. The number of carbonyl (C=O) groups excluding carboxylic acids is 2. The van der Waals surface area contributed by atoms with E-state index in [0.29, 0.717) is 17.0 Å². The van der Waals surface area contributed by atoms with Gasteiger partial charge in [-0.15, -0.1) is 0 Å². The highest BCUT2D eigenvalue weighted by molar-refractivity contribution is 6.07. The van der Waals surface area contributed by atoms with E-state index in [-0.39, 0.29) is 17.5 Å². The Morgan fingerprint density at radius 1 is 1.00 bits per heavy atom. The van der Waals surface area contributed by atoms with E-state index in [1.54, 1.807) is 18.3 Å². The van der Waals surface area contributed by atoms with Gasteiger partial charge in [0.15, 0.2) is 0 Å². The Bertz CT molecular complexity index is 1260. The summed E-state index contributed by atoms with van der Waals surface area (Å²) in [6.07, 6.45) is 6.58. The first kappa shape index (κ1) is 18.2. The molecule has 148 valence electrons. The third-order valence-corrected chi connectivity index (χ3v) is 5.59. The number of amides is 1. The molecule has 1 saturated carbocycles. The van der Waals surface area contributed by atoms with Crippen molar-refractivity contribution in [2.45, 2.75) is 18.3 Å². The minimum absolute atomic E-state index is 0.0715. The van der Waals surface area contributed by atoms with Crippen molar-refractivity contribution >= 4 is 28.5 Å². The number of aromatic nitrogens is 4. The predicted molar refractivity (Wildman–Crippen MR) is 112 cm³/mol. The lowest BCUT2D eigenvalue weighted by molar-refractivity contribution is -0.118. The van der Waals surface area contributed by atoms with Gasteiger partial charge in [0.25, 0.3) is 0 Å². The van der Waals surface area contributed by atoms with Crippen molar-refractivity contribution in [2.24, 2.45) is 7.05 Å². The molecule has 0 unspecified atom stereocenters. The first-order chi connectivity index (χ1) is 14.6. The molecule has 0 aliphatic heterocycles. The summed E-state index contributed by atoms with van der Waals surface area (Å²) in [6, 6.07) is 14.9. The maximum absolute atomic E-state index is 12.8. The van der Waals surface area contributed by atoms with Gasteiger partial charge in [0.05, 0.1) is 5.41 Å². The molecule has 7 nitrogen and oxygen atoms in total. The molecule has 3 heterocycles. The van der Waals surface area contributed by atoms with Crippen molar-refractivity contribution in [3.63, 3.8) is 0 Å². The van der Waals surface area contributed by atoms with Gasteiger partial charge in [0.1, 0.15) is 11.5 Å². The second-order valence-corrected chi connectivity index (χ2v) is 7.56. The number of benzene rings is 1. The molecule has 0 bridgehead atoms. The minimum atomic E-state index is -0.476. The van der Waals surface area contributed by atoms with Crippen LogP contribution in [0.4, 0.5) is 5.82 Å². The Morgan fingerprint density at radius 2 is 1.80 bits per heavy atom. The third kappa shape index (κ3) is 3.04. The van der Waals surface area contributed by atoms with Gasteiger partial charge in [-0.2, -0.15) is 0 Å². The van der Waals surface area contributed by atoms with Crippen LogP contribution in [0.25, 0.3) is 11.0 Å². The van der Waals surface area contributed by atoms with Crippen molar-refractivity contribution in [1.29, 1.82) is 0 Å². The van der Waals surface area contributed by atoms with E-state index in [2.05, 4.69) is 20.3 Å². The van der Waals surface area contributed by atoms with Gasteiger partial charge < -0.3 is 9.88 Å². The van der Waals surface area contributed by atoms with Crippen LogP contribution in [0.3, 0.4) is 0 Å². The number of ketones is 1. The van der Waals surface area contributed by atoms with E-state index in [0.717, 1.165) is 23.8 Å². The fourth-order valence-electron chi connectivity index (χ4n) is 3.65. The highest BCUT2D eigenvalue weighted by Gasteiger charge is 2.51. The van der Waals surface area contributed by atoms with Crippen LogP contribution in [0.1, 0.15) is 34.6 Å². The fraction of sp³-hybridized carbons (Fsp3) is 0.174. The smallest absolute Gasteiger partial charge is 0.236 e. The number of fused-ring (bicyclic) bond motifs is 1. The lowest BCUT2D eigenvalue weighted by Crippen LogP contribution is -2.28. The molecule has 1 aromatic carbocycles. The Balaban J connectivity index is 1.33. The largest absolute Gasteiger partial charge is 0.335 e. The summed E-state index contributed by atoms with van der Waals surface area (Å²) >= 11 is 0. The van der Waals surface area contributed by atoms with Gasteiger partial charge in [-0.05, 0) is 36.6 Å². The van der Waals surface area contributed by atoms with Crippen LogP contribution in [0.2, 0.25) is 0 Å². The van der Waals surface area contributed by atoms with Crippen LogP contribution in [0, 0.1) is 0 Å². The number of anilines is 1. The van der Waals surface area contributed by atoms with E-state index in [1.165, 1.54) is 6.20 Å². The summed E-state index contributed by atoms with van der Waals surface area (Å²) in [5.74, 6) is 0.144. The van der Waals surface area contributed by atoms with Gasteiger partial charge >= 0.3 is 0 Å². The normalized spacial score (nSPS) is 14.4. The molecule has 0 saturated heterocycles. The standard InChI is InChI=1S/C23H19N5O2/c1-28-12-9-16-14-25-20(27-21(16)28)19(29)15-7-8-18(24-13-15)26-22(30)23(10-11-23)17-5-3-2-4-6-17/h2-9,12-14H,10-11H2,1H3,(H,24,26,30). The molecular weight excluding hydrogens is 378 g/mol. The first-order valence-electron chi connectivity index (χ1n) is 9.73. The van der Waals surface area contributed by atoms with Crippen molar-refractivity contribution in [3.8, 4) is 0 Å². The number of hydrogen-bond acceptors (Lipinski definition) is 5. The molecule has 1 aliphatic carbocycles. The van der Waals surface area contributed by atoms with Crippen molar-refractivity contribution in [1.82, 2.24) is 19.5 Å². The van der Waals surface area contributed by atoms with E-state index in [9.17, 15) is 9.59 Å². The van der Waals surface area contributed by atoms with Crippen LogP contribution in [-0.4, -0.2) is 31.2 Å². The number of rotatable bonds is 5. The molecule has 4 aromatic rings. The van der Waals surface area contributed by atoms with Gasteiger partial charge in [-0.25, -0.2) is 15.0 Å². The number of hydrogen-bond donors (Lipinski definition) is 1. The van der Waals surface area contributed by atoms with Crippen molar-refractivity contribution in [3.05, 3.63) is 84.1 Å². The highest BCUT2D eigenvalue weighted by atomic mass is 16.2. The van der Waals surface area contributed by atoms with Crippen LogP contribution in [0.15, 0.2) is 67.1 Å². The number of nitrogens with zero attached hydrogens (tertiary/aromatic N) is 4. The number of aryl methyl sites for hydroxylation is 1. The first-order valence-corrected chi connectivity index (χ1v) is 9.73. The zero-order valence-electron chi connectivity index (χ0n) is 16.4. The summed E-state index contributed by atoms with van der Waals surface area (Å²) in [7, 11) is 1.87. The molecule has 0 radical (unpaired) electrons. The van der Waals surface area contributed by atoms with Gasteiger partial charge in [0.2, 0.25) is 17.5 Å². The summed E-state index contributed by atoms with van der Waals surface area (Å²) in [5.41, 5.74) is 1.60. The maximum atomic E-state index is 12.8. The molecule has 3 aromatic heterocycles. The maximum Gasteiger partial charge on any atom is 0.236 e. The quantitative estimate of drug-likeness (QED) is 0.522. The number of carbonyl (C=O) groups is 2. The zero-order valence-corrected chi connectivity index (χ0v) is 16.4. The third-order valence-electron chi connectivity index (χ3n) is 5.59. The SMILES string of the molecule is Cn1ccc2cnc(C(=O)c3ccc(NC(=O)C4(c5ccccc5)CC4)nc3)nc21. The monoisotopic (exact) mass is 397 g/mol. The highest BCUT2D eigenvalue weighted by Crippen LogP contribution is 2.48. The van der Waals surface area contributed by atoms with Gasteiger partial charge in [-0.1, -0.05) is 30.3 Å². The molecule has 0 atom stereocenters. The lowest BCUT2D eigenvalue weighted by atomic mass is 9.95. The summed E-state index contributed by atoms with van der Waals surface area (Å²) in [6.45, 7) is 0. The molecule has 30 heavy (non-hydrogen) atoms. The molecule has 1 fully saturated rings. The van der Waals surface area contributed by atoms with Crippen molar-refractivity contribution in [2.75, 3.05) is 5.32 Å². The molecule has 1 aliphatic rings. The average molecular weight is 397 g/mol. The zero-order chi connectivity index (χ0) is 20.7. The number of nitrogens with one attached hydrogen (secondary N) is 1.